The third kappa shape index (κ3) is 2.11. The summed E-state index contributed by atoms with van der Waals surface area (Å²) in [4.78, 5) is 4.07. The summed E-state index contributed by atoms with van der Waals surface area (Å²) in [5.41, 5.74) is 2.83. The molecule has 0 spiro atoms. The summed E-state index contributed by atoms with van der Waals surface area (Å²) >= 11 is 0. The van der Waals surface area contributed by atoms with Gasteiger partial charge in [-0.2, -0.15) is 4.31 Å². The average molecular weight is 282 g/mol. The fourth-order valence-corrected chi connectivity index (χ4v) is 4.88. The van der Waals surface area contributed by atoms with Gasteiger partial charge in [-0.05, 0) is 30.7 Å². The van der Waals surface area contributed by atoms with Gasteiger partial charge in [0.15, 0.2) is 0 Å². The maximum atomic E-state index is 12.6. The molecule has 1 saturated heterocycles. The van der Waals surface area contributed by atoms with Crippen LogP contribution < -0.4 is 11.3 Å². The van der Waals surface area contributed by atoms with E-state index < -0.39 is 10.0 Å². The van der Waals surface area contributed by atoms with Crippen LogP contribution in [0.4, 0.5) is 5.69 Å². The molecule has 2 atom stereocenters. The van der Waals surface area contributed by atoms with Gasteiger partial charge < -0.3 is 5.43 Å². The number of anilines is 1. The molecule has 2 unspecified atom stereocenters. The Morgan fingerprint density at radius 1 is 1.32 bits per heavy atom. The molecule has 1 saturated carbocycles. The van der Waals surface area contributed by atoms with Crippen molar-refractivity contribution in [3.8, 4) is 0 Å². The monoisotopic (exact) mass is 282 g/mol. The van der Waals surface area contributed by atoms with Gasteiger partial charge in [0.2, 0.25) is 10.0 Å². The Morgan fingerprint density at radius 2 is 2.00 bits per heavy atom. The van der Waals surface area contributed by atoms with Crippen LogP contribution in [-0.4, -0.2) is 30.8 Å². The molecule has 0 bridgehead atoms. The van der Waals surface area contributed by atoms with Crippen LogP contribution in [0.15, 0.2) is 23.4 Å². The van der Waals surface area contributed by atoms with Crippen LogP contribution in [0, 0.1) is 11.8 Å². The van der Waals surface area contributed by atoms with E-state index in [1.165, 1.54) is 18.8 Å². The number of fused-ring (bicyclic) bond motifs is 1. The summed E-state index contributed by atoms with van der Waals surface area (Å²) in [5.74, 6) is 6.43. The van der Waals surface area contributed by atoms with E-state index in [4.69, 9.17) is 5.84 Å². The summed E-state index contributed by atoms with van der Waals surface area (Å²) in [5, 5.41) is 0. The smallest absolute Gasteiger partial charge is 0.246 e. The first-order valence-corrected chi connectivity index (χ1v) is 7.97. The summed E-state index contributed by atoms with van der Waals surface area (Å²) in [7, 11) is -3.50. The normalized spacial score (nSPS) is 27.4. The number of rotatable bonds is 3. The van der Waals surface area contributed by atoms with Crippen molar-refractivity contribution in [2.75, 3.05) is 18.5 Å². The van der Waals surface area contributed by atoms with Gasteiger partial charge in [0.1, 0.15) is 4.90 Å². The lowest BCUT2D eigenvalue weighted by atomic mass is 10.0. The first-order chi connectivity index (χ1) is 9.13. The molecule has 0 amide bonds. The van der Waals surface area contributed by atoms with E-state index in [9.17, 15) is 8.42 Å². The highest BCUT2D eigenvalue weighted by Gasteiger charge is 2.42. The largest absolute Gasteiger partial charge is 0.323 e. The molecule has 1 aromatic heterocycles. The lowest BCUT2D eigenvalue weighted by Crippen LogP contribution is -2.30. The summed E-state index contributed by atoms with van der Waals surface area (Å²) in [6, 6.07) is 1.57. The van der Waals surface area contributed by atoms with E-state index >= 15 is 0 Å². The topological polar surface area (TPSA) is 88.3 Å². The predicted octanol–water partition coefficient (Wildman–Crippen LogP) is 0.788. The Morgan fingerprint density at radius 3 is 2.63 bits per heavy atom. The van der Waals surface area contributed by atoms with Crippen LogP contribution in [0.3, 0.4) is 0 Å². The van der Waals surface area contributed by atoms with Crippen LogP contribution in [0.5, 0.6) is 0 Å². The number of hydrazine groups is 1. The maximum Gasteiger partial charge on any atom is 0.246 e. The van der Waals surface area contributed by atoms with Crippen molar-refractivity contribution < 1.29 is 8.42 Å². The Hall–Kier alpha value is -1.18. The van der Waals surface area contributed by atoms with Crippen LogP contribution in [0.2, 0.25) is 0 Å². The Labute approximate surface area is 113 Å². The second-order valence-corrected chi connectivity index (χ2v) is 7.20. The van der Waals surface area contributed by atoms with E-state index in [-0.39, 0.29) is 4.90 Å². The lowest BCUT2D eigenvalue weighted by Gasteiger charge is -2.18. The zero-order valence-corrected chi connectivity index (χ0v) is 11.4. The molecule has 6 nitrogen and oxygen atoms in total. The zero-order valence-electron chi connectivity index (χ0n) is 10.6. The third-order valence-electron chi connectivity index (χ3n) is 4.25. The van der Waals surface area contributed by atoms with Crippen molar-refractivity contribution >= 4 is 15.7 Å². The van der Waals surface area contributed by atoms with Gasteiger partial charge in [-0.1, -0.05) is 6.42 Å². The van der Waals surface area contributed by atoms with Crippen LogP contribution >= 0.6 is 0 Å². The molecule has 19 heavy (non-hydrogen) atoms. The number of nitrogens with zero attached hydrogens (tertiary/aromatic N) is 2. The number of sulfonamides is 1. The lowest BCUT2D eigenvalue weighted by molar-refractivity contribution is 0.445. The van der Waals surface area contributed by atoms with Crippen molar-refractivity contribution in [1.82, 2.24) is 9.29 Å². The number of pyridine rings is 1. The van der Waals surface area contributed by atoms with Crippen molar-refractivity contribution in [2.45, 2.75) is 24.2 Å². The molecule has 2 aliphatic rings. The molecule has 2 heterocycles. The van der Waals surface area contributed by atoms with E-state index in [2.05, 4.69) is 10.4 Å². The van der Waals surface area contributed by atoms with Crippen molar-refractivity contribution in [3.63, 3.8) is 0 Å². The minimum Gasteiger partial charge on any atom is -0.323 e. The summed E-state index contributed by atoms with van der Waals surface area (Å²) < 4.78 is 26.9. The van der Waals surface area contributed by atoms with Gasteiger partial charge in [0.05, 0.1) is 5.69 Å². The SMILES string of the molecule is NNc1ccncc1S(=O)(=O)N1CC2CCCC2C1. The van der Waals surface area contributed by atoms with Crippen molar-refractivity contribution in [1.29, 1.82) is 0 Å². The van der Waals surface area contributed by atoms with E-state index in [1.54, 1.807) is 10.4 Å². The number of aromatic nitrogens is 1. The quantitative estimate of drug-likeness (QED) is 0.632. The second-order valence-electron chi connectivity index (χ2n) is 5.29. The minimum absolute atomic E-state index is 0.164. The highest BCUT2D eigenvalue weighted by atomic mass is 32.2. The fraction of sp³-hybridized carbons (Fsp3) is 0.583. The average Bonchev–Trinajstić information content (AvgIpc) is 2.99. The molecule has 0 aromatic carbocycles. The van der Waals surface area contributed by atoms with Gasteiger partial charge in [-0.3, -0.25) is 10.8 Å². The van der Waals surface area contributed by atoms with E-state index in [0.717, 1.165) is 12.8 Å². The second kappa shape index (κ2) is 4.73. The number of nitrogens with one attached hydrogen (secondary N) is 1. The number of hydrogen-bond acceptors (Lipinski definition) is 5. The molecular weight excluding hydrogens is 264 g/mol. The Bertz CT molecular complexity index is 563. The standard InChI is InChI=1S/C12H18N4O2S/c13-15-11-4-5-14-6-12(11)19(17,18)16-7-9-2-1-3-10(9)8-16/h4-6,9-10H,1-3,7-8,13H2,(H,14,15). The summed E-state index contributed by atoms with van der Waals surface area (Å²) in [6.45, 7) is 1.26. The fourth-order valence-electron chi connectivity index (χ4n) is 3.23. The van der Waals surface area contributed by atoms with Gasteiger partial charge in [-0.25, -0.2) is 8.42 Å². The Kier molecular flexibility index (Phi) is 3.20. The molecule has 1 aliphatic heterocycles. The first kappa shape index (κ1) is 12.8. The molecule has 3 N–H and O–H groups in total. The van der Waals surface area contributed by atoms with E-state index in [1.807, 2.05) is 0 Å². The number of nitrogen functional groups attached to an aromatic ring is 1. The van der Waals surface area contributed by atoms with Crippen LogP contribution in [0.1, 0.15) is 19.3 Å². The molecular formula is C12H18N4O2S. The molecule has 7 heteroatoms. The molecule has 1 aliphatic carbocycles. The van der Waals surface area contributed by atoms with Gasteiger partial charge in [0, 0.05) is 25.5 Å². The van der Waals surface area contributed by atoms with Gasteiger partial charge in [0.25, 0.3) is 0 Å². The zero-order chi connectivity index (χ0) is 13.5. The van der Waals surface area contributed by atoms with Gasteiger partial charge in [-0.15, -0.1) is 0 Å². The Balaban J connectivity index is 1.91. The van der Waals surface area contributed by atoms with Crippen LogP contribution in [0.25, 0.3) is 0 Å². The predicted molar refractivity (Wildman–Crippen MR) is 71.6 cm³/mol. The molecule has 3 rings (SSSR count). The highest BCUT2D eigenvalue weighted by molar-refractivity contribution is 7.89. The van der Waals surface area contributed by atoms with E-state index in [0.29, 0.717) is 30.6 Å². The first-order valence-electron chi connectivity index (χ1n) is 6.53. The minimum atomic E-state index is -3.50. The third-order valence-corrected chi connectivity index (χ3v) is 6.11. The number of nitrogens with two attached hydrogens (primary N) is 1. The van der Waals surface area contributed by atoms with Crippen molar-refractivity contribution in [2.24, 2.45) is 17.7 Å². The molecule has 0 radical (unpaired) electrons. The highest BCUT2D eigenvalue weighted by Crippen LogP contribution is 2.40. The molecule has 1 aromatic rings. The maximum absolute atomic E-state index is 12.6. The van der Waals surface area contributed by atoms with Crippen LogP contribution in [-0.2, 0) is 10.0 Å². The van der Waals surface area contributed by atoms with Gasteiger partial charge >= 0.3 is 0 Å². The summed E-state index contributed by atoms with van der Waals surface area (Å²) in [6.07, 6.45) is 6.40. The number of hydrogen-bond donors (Lipinski definition) is 2. The molecule has 2 fully saturated rings. The molecule has 104 valence electrons. The van der Waals surface area contributed by atoms with Crippen molar-refractivity contribution in [3.05, 3.63) is 18.5 Å².